The van der Waals surface area contributed by atoms with Gasteiger partial charge in [0.1, 0.15) is 13.2 Å². The number of anilines is 1. The molecule has 1 aliphatic heterocycles. The Labute approximate surface area is 174 Å². The summed E-state index contributed by atoms with van der Waals surface area (Å²) in [7, 11) is 0. The van der Waals surface area contributed by atoms with Crippen LogP contribution in [-0.2, 0) is 11.3 Å². The second-order valence-corrected chi connectivity index (χ2v) is 7.63. The van der Waals surface area contributed by atoms with Gasteiger partial charge in [-0.25, -0.2) is 0 Å². The number of carbonyl (C=O) groups excluding carboxylic acids is 2. The SMILES string of the molecule is O=C(NCc1cccc2c1OCCO2)c1cc2ccccc2cc1NC(=O)C1CC1. The van der Waals surface area contributed by atoms with E-state index < -0.39 is 0 Å². The molecule has 0 spiro atoms. The fourth-order valence-electron chi connectivity index (χ4n) is 3.66. The van der Waals surface area contributed by atoms with Gasteiger partial charge >= 0.3 is 0 Å². The van der Waals surface area contributed by atoms with Gasteiger partial charge in [-0.2, -0.15) is 0 Å². The number of rotatable bonds is 5. The van der Waals surface area contributed by atoms with E-state index in [0.29, 0.717) is 42.5 Å². The average molecular weight is 402 g/mol. The molecule has 0 bridgehead atoms. The lowest BCUT2D eigenvalue weighted by Crippen LogP contribution is -2.26. The van der Waals surface area contributed by atoms with Crippen molar-refractivity contribution in [3.63, 3.8) is 0 Å². The van der Waals surface area contributed by atoms with Crippen LogP contribution in [0.1, 0.15) is 28.8 Å². The molecule has 0 atom stereocenters. The first-order valence-corrected chi connectivity index (χ1v) is 10.2. The largest absolute Gasteiger partial charge is 0.486 e. The molecule has 1 fully saturated rings. The highest BCUT2D eigenvalue weighted by Gasteiger charge is 2.30. The quantitative estimate of drug-likeness (QED) is 0.679. The van der Waals surface area contributed by atoms with Gasteiger partial charge in [0, 0.05) is 18.0 Å². The minimum atomic E-state index is -0.249. The lowest BCUT2D eigenvalue weighted by Gasteiger charge is -2.21. The molecule has 6 nitrogen and oxygen atoms in total. The molecule has 1 heterocycles. The van der Waals surface area contributed by atoms with Crippen molar-refractivity contribution in [3.8, 4) is 11.5 Å². The summed E-state index contributed by atoms with van der Waals surface area (Å²) in [4.78, 5) is 25.4. The number of amides is 2. The van der Waals surface area contributed by atoms with E-state index in [1.165, 1.54) is 0 Å². The van der Waals surface area contributed by atoms with Gasteiger partial charge in [0.25, 0.3) is 5.91 Å². The zero-order valence-corrected chi connectivity index (χ0v) is 16.4. The number of ether oxygens (including phenoxy) is 2. The Morgan fingerprint density at radius 2 is 1.70 bits per heavy atom. The van der Waals surface area contributed by atoms with Crippen LogP contribution in [0.4, 0.5) is 5.69 Å². The van der Waals surface area contributed by atoms with Gasteiger partial charge in [-0.15, -0.1) is 0 Å². The molecule has 5 rings (SSSR count). The third-order valence-corrected chi connectivity index (χ3v) is 5.42. The molecule has 0 aromatic heterocycles. The Morgan fingerprint density at radius 3 is 2.50 bits per heavy atom. The normalized spacial score (nSPS) is 14.9. The zero-order valence-electron chi connectivity index (χ0n) is 16.4. The molecule has 30 heavy (non-hydrogen) atoms. The summed E-state index contributed by atoms with van der Waals surface area (Å²) in [6.45, 7) is 1.30. The zero-order chi connectivity index (χ0) is 20.5. The Bertz CT molecular complexity index is 1140. The van der Waals surface area contributed by atoms with Gasteiger partial charge in [0.2, 0.25) is 5.91 Å². The van der Waals surface area contributed by atoms with Crippen molar-refractivity contribution >= 4 is 28.3 Å². The standard InChI is InChI=1S/C24H22N2O4/c27-23(15-8-9-15)26-20-13-17-5-2-1-4-16(17)12-19(20)24(28)25-14-18-6-3-7-21-22(18)30-11-10-29-21/h1-7,12-13,15H,8-11,14H2,(H,25,28)(H,26,27). The third-order valence-electron chi connectivity index (χ3n) is 5.42. The molecular weight excluding hydrogens is 380 g/mol. The van der Waals surface area contributed by atoms with Gasteiger partial charge in [-0.1, -0.05) is 36.4 Å². The van der Waals surface area contributed by atoms with Crippen LogP contribution in [0.2, 0.25) is 0 Å². The van der Waals surface area contributed by atoms with E-state index in [9.17, 15) is 9.59 Å². The summed E-state index contributed by atoms with van der Waals surface area (Å²) in [5, 5.41) is 7.83. The topological polar surface area (TPSA) is 76.7 Å². The van der Waals surface area contributed by atoms with Crippen LogP contribution in [0.3, 0.4) is 0 Å². The van der Waals surface area contributed by atoms with E-state index >= 15 is 0 Å². The number of para-hydroxylation sites is 1. The van der Waals surface area contributed by atoms with Crippen molar-refractivity contribution in [2.75, 3.05) is 18.5 Å². The summed E-state index contributed by atoms with van der Waals surface area (Å²) in [5.41, 5.74) is 1.84. The van der Waals surface area contributed by atoms with E-state index in [0.717, 1.165) is 29.2 Å². The molecular formula is C24H22N2O4. The molecule has 0 saturated heterocycles. The molecule has 3 aromatic rings. The number of benzene rings is 3. The van der Waals surface area contributed by atoms with Crippen LogP contribution >= 0.6 is 0 Å². The lowest BCUT2D eigenvalue weighted by atomic mass is 10.0. The minimum Gasteiger partial charge on any atom is -0.486 e. The summed E-state index contributed by atoms with van der Waals surface area (Å²) in [6, 6.07) is 17.1. The van der Waals surface area contributed by atoms with E-state index in [4.69, 9.17) is 9.47 Å². The number of fused-ring (bicyclic) bond motifs is 2. The van der Waals surface area contributed by atoms with E-state index in [2.05, 4.69) is 10.6 Å². The highest BCUT2D eigenvalue weighted by molar-refractivity contribution is 6.08. The van der Waals surface area contributed by atoms with Crippen molar-refractivity contribution in [1.29, 1.82) is 0 Å². The monoisotopic (exact) mass is 402 g/mol. The predicted molar refractivity (Wildman–Crippen MR) is 114 cm³/mol. The molecule has 3 aromatic carbocycles. The fraction of sp³-hybridized carbons (Fsp3) is 0.250. The second-order valence-electron chi connectivity index (χ2n) is 7.63. The predicted octanol–water partition coefficient (Wildman–Crippen LogP) is 3.89. The van der Waals surface area contributed by atoms with Crippen LogP contribution in [0.5, 0.6) is 11.5 Å². The first kappa shape index (κ1) is 18.5. The number of hydrogen-bond acceptors (Lipinski definition) is 4. The Hall–Kier alpha value is -3.54. The molecule has 2 N–H and O–H groups in total. The van der Waals surface area contributed by atoms with Gasteiger partial charge in [0.05, 0.1) is 11.3 Å². The van der Waals surface area contributed by atoms with Gasteiger partial charge < -0.3 is 20.1 Å². The molecule has 1 aliphatic carbocycles. The maximum atomic E-state index is 13.1. The van der Waals surface area contributed by atoms with Crippen molar-refractivity contribution in [2.24, 2.45) is 5.92 Å². The molecule has 152 valence electrons. The van der Waals surface area contributed by atoms with E-state index in [-0.39, 0.29) is 17.7 Å². The highest BCUT2D eigenvalue weighted by Crippen LogP contribution is 2.34. The van der Waals surface area contributed by atoms with Gasteiger partial charge in [-0.05, 0) is 41.8 Å². The molecule has 0 unspecified atom stereocenters. The molecule has 0 radical (unpaired) electrons. The highest BCUT2D eigenvalue weighted by atomic mass is 16.6. The third kappa shape index (κ3) is 3.68. The van der Waals surface area contributed by atoms with E-state index in [1.807, 2.05) is 54.6 Å². The summed E-state index contributed by atoms with van der Waals surface area (Å²) >= 11 is 0. The number of carbonyl (C=O) groups is 2. The summed E-state index contributed by atoms with van der Waals surface area (Å²) in [5.74, 6) is 1.14. The fourth-order valence-corrected chi connectivity index (χ4v) is 3.66. The van der Waals surface area contributed by atoms with E-state index in [1.54, 1.807) is 0 Å². The van der Waals surface area contributed by atoms with Crippen molar-refractivity contribution in [2.45, 2.75) is 19.4 Å². The van der Waals surface area contributed by atoms with Crippen LogP contribution < -0.4 is 20.1 Å². The number of hydrogen-bond donors (Lipinski definition) is 2. The maximum Gasteiger partial charge on any atom is 0.253 e. The Balaban J connectivity index is 1.41. The van der Waals surface area contributed by atoms with Gasteiger partial charge in [-0.3, -0.25) is 9.59 Å². The first-order chi connectivity index (χ1) is 14.7. The molecule has 1 saturated carbocycles. The summed E-state index contributed by atoms with van der Waals surface area (Å²) < 4.78 is 11.3. The van der Waals surface area contributed by atoms with Crippen LogP contribution in [0.25, 0.3) is 10.8 Å². The van der Waals surface area contributed by atoms with Crippen molar-refractivity contribution in [3.05, 3.63) is 65.7 Å². The van der Waals surface area contributed by atoms with Crippen molar-refractivity contribution in [1.82, 2.24) is 5.32 Å². The molecule has 2 amide bonds. The Morgan fingerprint density at radius 1 is 0.933 bits per heavy atom. The smallest absolute Gasteiger partial charge is 0.253 e. The van der Waals surface area contributed by atoms with Crippen LogP contribution in [-0.4, -0.2) is 25.0 Å². The maximum absolute atomic E-state index is 13.1. The summed E-state index contributed by atoms with van der Waals surface area (Å²) in [6.07, 6.45) is 1.81. The van der Waals surface area contributed by atoms with Gasteiger partial charge in [0.15, 0.2) is 11.5 Å². The average Bonchev–Trinajstić information content (AvgIpc) is 3.62. The molecule has 6 heteroatoms. The van der Waals surface area contributed by atoms with Crippen molar-refractivity contribution < 1.29 is 19.1 Å². The van der Waals surface area contributed by atoms with Crippen LogP contribution in [0, 0.1) is 5.92 Å². The molecule has 2 aliphatic rings. The first-order valence-electron chi connectivity index (χ1n) is 10.2. The van der Waals surface area contributed by atoms with Crippen LogP contribution in [0.15, 0.2) is 54.6 Å². The lowest BCUT2D eigenvalue weighted by molar-refractivity contribution is -0.117. The Kier molecular flexibility index (Phi) is 4.75. The minimum absolute atomic E-state index is 0.0259. The second kappa shape index (κ2) is 7.71. The number of nitrogens with one attached hydrogen (secondary N) is 2.